The molecule has 1 fully saturated rings. The Hall–Kier alpha value is -3.10. The highest BCUT2D eigenvalue weighted by Crippen LogP contribution is 2.50. The molecule has 4 heterocycles. The van der Waals surface area contributed by atoms with Crippen LogP contribution in [0.15, 0.2) is 42.7 Å². The van der Waals surface area contributed by atoms with Gasteiger partial charge in [-0.2, -0.15) is 0 Å². The number of hydrogen-bond acceptors (Lipinski definition) is 5. The number of aryl methyl sites for hydroxylation is 1. The summed E-state index contributed by atoms with van der Waals surface area (Å²) in [7, 11) is 3.79. The standard InChI is InChI=1S/C28H37N5O3/c1-19(2)30-27(35)32-13-9-28(10-14-32)18-33(16-20-7-11-29-12-8-20)24(17-34)26-25(28)22-6-5-21(36-4)15-23(22)31(26)3/h5-8,11-12,15,19,24,34H,9-10,13-14,16-18H2,1-4H3,(H,30,35)/t24-/m0/s1. The van der Waals surface area contributed by atoms with Crippen molar-refractivity contribution >= 4 is 16.9 Å². The molecule has 192 valence electrons. The van der Waals surface area contributed by atoms with Crippen molar-refractivity contribution in [2.75, 3.05) is 33.4 Å². The number of piperidine rings is 1. The molecule has 0 saturated carbocycles. The molecule has 2 aliphatic rings. The summed E-state index contributed by atoms with van der Waals surface area (Å²) in [4.78, 5) is 21.3. The van der Waals surface area contributed by atoms with E-state index in [0.717, 1.165) is 37.2 Å². The molecule has 2 amide bonds. The molecule has 0 unspecified atom stereocenters. The summed E-state index contributed by atoms with van der Waals surface area (Å²) in [5.41, 5.74) is 4.67. The number of carbonyl (C=O) groups is 1. The second kappa shape index (κ2) is 9.75. The Bertz CT molecular complexity index is 1230. The van der Waals surface area contributed by atoms with E-state index in [4.69, 9.17) is 4.74 Å². The molecule has 2 N–H and O–H groups in total. The van der Waals surface area contributed by atoms with Crippen molar-refractivity contribution in [3.8, 4) is 5.75 Å². The second-order valence-corrected chi connectivity index (χ2v) is 10.5. The highest BCUT2D eigenvalue weighted by Gasteiger charge is 2.48. The predicted octanol–water partition coefficient (Wildman–Crippen LogP) is 3.58. The van der Waals surface area contributed by atoms with Crippen LogP contribution in [0.2, 0.25) is 0 Å². The largest absolute Gasteiger partial charge is 0.497 e. The van der Waals surface area contributed by atoms with Crippen LogP contribution in [0.3, 0.4) is 0 Å². The summed E-state index contributed by atoms with van der Waals surface area (Å²) in [6.07, 6.45) is 5.40. The van der Waals surface area contributed by atoms with Crippen molar-refractivity contribution < 1.29 is 14.6 Å². The summed E-state index contributed by atoms with van der Waals surface area (Å²) in [5.74, 6) is 0.823. The molecule has 2 aromatic heterocycles. The zero-order valence-corrected chi connectivity index (χ0v) is 21.7. The monoisotopic (exact) mass is 491 g/mol. The first-order valence-corrected chi connectivity index (χ1v) is 12.8. The number of methoxy groups -OCH3 is 1. The Labute approximate surface area is 212 Å². The van der Waals surface area contributed by atoms with E-state index in [-0.39, 0.29) is 30.1 Å². The summed E-state index contributed by atoms with van der Waals surface area (Å²) in [5, 5.41) is 14.9. The van der Waals surface area contributed by atoms with Crippen LogP contribution < -0.4 is 10.1 Å². The topological polar surface area (TPSA) is 82.9 Å². The number of hydrogen-bond donors (Lipinski definition) is 2. The van der Waals surface area contributed by atoms with Crippen molar-refractivity contribution in [2.45, 2.75) is 50.7 Å². The van der Waals surface area contributed by atoms with Gasteiger partial charge in [0.1, 0.15) is 5.75 Å². The number of urea groups is 1. The number of aromatic nitrogens is 2. The minimum atomic E-state index is -0.121. The summed E-state index contributed by atoms with van der Waals surface area (Å²) < 4.78 is 7.78. The smallest absolute Gasteiger partial charge is 0.317 e. The molecule has 1 spiro atoms. The molecule has 8 nitrogen and oxygen atoms in total. The van der Waals surface area contributed by atoms with Gasteiger partial charge in [0.25, 0.3) is 0 Å². The number of nitrogens with one attached hydrogen (secondary N) is 1. The van der Waals surface area contributed by atoms with Gasteiger partial charge in [-0.1, -0.05) is 0 Å². The van der Waals surface area contributed by atoms with Gasteiger partial charge in [0.05, 0.1) is 25.3 Å². The van der Waals surface area contributed by atoms with Crippen molar-refractivity contribution in [3.63, 3.8) is 0 Å². The zero-order chi connectivity index (χ0) is 25.4. The van der Waals surface area contributed by atoms with Gasteiger partial charge in [-0.15, -0.1) is 0 Å². The van der Waals surface area contributed by atoms with Gasteiger partial charge in [-0.25, -0.2) is 4.79 Å². The van der Waals surface area contributed by atoms with E-state index in [1.165, 1.54) is 22.2 Å². The number of carbonyl (C=O) groups excluding carboxylic acids is 1. The molecule has 1 atom stereocenters. The molecule has 0 bridgehead atoms. The SMILES string of the molecule is COc1ccc2c3c(n(C)c2c1)[C@H](CO)N(Cc1ccncc1)CC31CCN(C(=O)NC(C)C)CC1. The summed E-state index contributed by atoms with van der Waals surface area (Å²) in [6, 6.07) is 10.4. The molecule has 0 aliphatic carbocycles. The molecule has 0 radical (unpaired) electrons. The lowest BCUT2D eigenvalue weighted by Crippen LogP contribution is -2.56. The van der Waals surface area contributed by atoms with Crippen LogP contribution >= 0.6 is 0 Å². The van der Waals surface area contributed by atoms with Gasteiger partial charge in [-0.3, -0.25) is 9.88 Å². The molecule has 5 rings (SSSR count). The lowest BCUT2D eigenvalue weighted by molar-refractivity contribution is 0.0466. The lowest BCUT2D eigenvalue weighted by Gasteiger charge is -2.50. The van der Waals surface area contributed by atoms with Crippen LogP contribution in [0, 0.1) is 0 Å². The number of benzene rings is 1. The molecule has 36 heavy (non-hydrogen) atoms. The molecule has 1 saturated heterocycles. The van der Waals surface area contributed by atoms with Crippen molar-refractivity contribution in [1.29, 1.82) is 0 Å². The van der Waals surface area contributed by atoms with E-state index in [1.54, 1.807) is 7.11 Å². The van der Waals surface area contributed by atoms with Crippen LogP contribution in [0.4, 0.5) is 4.79 Å². The Morgan fingerprint density at radius 2 is 1.94 bits per heavy atom. The Morgan fingerprint density at radius 1 is 1.22 bits per heavy atom. The fraction of sp³-hybridized carbons (Fsp3) is 0.500. The number of nitrogens with zero attached hydrogens (tertiary/aromatic N) is 4. The number of ether oxygens (including phenoxy) is 1. The molecule has 2 aliphatic heterocycles. The quantitative estimate of drug-likeness (QED) is 0.570. The van der Waals surface area contributed by atoms with Gasteiger partial charge >= 0.3 is 6.03 Å². The van der Waals surface area contributed by atoms with Crippen LogP contribution in [-0.4, -0.2) is 69.9 Å². The molecular weight excluding hydrogens is 454 g/mol. The predicted molar refractivity (Wildman–Crippen MR) is 140 cm³/mol. The van der Waals surface area contributed by atoms with E-state index < -0.39 is 0 Å². The third kappa shape index (κ3) is 4.22. The van der Waals surface area contributed by atoms with Crippen LogP contribution in [0.1, 0.15) is 49.6 Å². The Morgan fingerprint density at radius 3 is 2.58 bits per heavy atom. The normalized spacial score (nSPS) is 19.6. The minimum Gasteiger partial charge on any atom is -0.497 e. The number of rotatable bonds is 5. The molecular formula is C28H37N5O3. The average Bonchev–Trinajstić information content (AvgIpc) is 3.17. The van der Waals surface area contributed by atoms with Crippen molar-refractivity contribution in [2.24, 2.45) is 7.05 Å². The van der Waals surface area contributed by atoms with E-state index in [1.807, 2.05) is 49.3 Å². The highest BCUT2D eigenvalue weighted by molar-refractivity contribution is 5.88. The first-order chi connectivity index (χ1) is 17.4. The van der Waals surface area contributed by atoms with E-state index in [9.17, 15) is 9.90 Å². The fourth-order valence-electron chi connectivity index (χ4n) is 6.24. The van der Waals surface area contributed by atoms with Gasteiger partial charge in [0, 0.05) is 74.2 Å². The maximum atomic E-state index is 12.8. The second-order valence-electron chi connectivity index (χ2n) is 10.5. The van der Waals surface area contributed by atoms with Crippen LogP contribution in [0.25, 0.3) is 10.9 Å². The summed E-state index contributed by atoms with van der Waals surface area (Å²) in [6.45, 7) is 7.00. The number of fused-ring (bicyclic) bond motifs is 4. The minimum absolute atomic E-state index is 0.0143. The first kappa shape index (κ1) is 24.6. The maximum Gasteiger partial charge on any atom is 0.317 e. The number of aliphatic hydroxyl groups is 1. The Kier molecular flexibility index (Phi) is 6.66. The van der Waals surface area contributed by atoms with Crippen molar-refractivity contribution in [1.82, 2.24) is 24.7 Å². The fourth-order valence-corrected chi connectivity index (χ4v) is 6.24. The van der Waals surface area contributed by atoms with Gasteiger partial charge in [-0.05, 0) is 62.1 Å². The summed E-state index contributed by atoms with van der Waals surface area (Å²) >= 11 is 0. The lowest BCUT2D eigenvalue weighted by atomic mass is 9.68. The molecule has 8 heteroatoms. The number of aliphatic hydroxyl groups excluding tert-OH is 1. The van der Waals surface area contributed by atoms with E-state index >= 15 is 0 Å². The third-order valence-corrected chi connectivity index (χ3v) is 7.97. The van der Waals surface area contributed by atoms with E-state index in [0.29, 0.717) is 13.1 Å². The third-order valence-electron chi connectivity index (χ3n) is 7.97. The highest BCUT2D eigenvalue weighted by atomic mass is 16.5. The maximum absolute atomic E-state index is 12.8. The zero-order valence-electron chi connectivity index (χ0n) is 21.7. The Balaban J connectivity index is 1.59. The number of pyridine rings is 1. The van der Waals surface area contributed by atoms with Gasteiger partial charge in [0.15, 0.2) is 0 Å². The van der Waals surface area contributed by atoms with Crippen molar-refractivity contribution in [3.05, 3.63) is 59.5 Å². The number of amides is 2. The van der Waals surface area contributed by atoms with E-state index in [2.05, 4.69) is 38.9 Å². The average molecular weight is 492 g/mol. The first-order valence-electron chi connectivity index (χ1n) is 12.8. The van der Waals surface area contributed by atoms with Crippen LogP contribution in [0.5, 0.6) is 5.75 Å². The van der Waals surface area contributed by atoms with Crippen LogP contribution in [-0.2, 0) is 19.0 Å². The number of likely N-dealkylation sites (tertiary alicyclic amines) is 1. The van der Waals surface area contributed by atoms with Gasteiger partial charge < -0.3 is 24.6 Å². The van der Waals surface area contributed by atoms with Gasteiger partial charge in [0.2, 0.25) is 0 Å². The molecule has 3 aromatic rings. The molecule has 1 aromatic carbocycles.